The van der Waals surface area contributed by atoms with Gasteiger partial charge in [0.05, 0.1) is 12.7 Å². The van der Waals surface area contributed by atoms with Gasteiger partial charge >= 0.3 is 0 Å². The SMILES string of the molecule is CCN1CCOC(CNc2nc(NC)nc(N(C)C)n2)C1. The molecule has 1 saturated heterocycles. The molecule has 1 fully saturated rings. The van der Waals surface area contributed by atoms with Crippen molar-refractivity contribution in [3.8, 4) is 0 Å². The Kier molecular flexibility index (Phi) is 5.51. The summed E-state index contributed by atoms with van der Waals surface area (Å²) in [5, 5.41) is 6.20. The molecule has 0 bridgehead atoms. The molecule has 8 heteroatoms. The standard InChI is InChI=1S/C13H25N7O/c1-5-20-6-7-21-10(9-20)8-15-12-16-11(14-2)17-13(18-12)19(3)4/h10H,5-9H2,1-4H3,(H2,14,15,16,17,18). The summed E-state index contributed by atoms with van der Waals surface area (Å²) in [7, 11) is 5.60. The van der Waals surface area contributed by atoms with E-state index >= 15 is 0 Å². The van der Waals surface area contributed by atoms with E-state index in [2.05, 4.69) is 37.4 Å². The molecular weight excluding hydrogens is 270 g/mol. The third-order valence-corrected chi connectivity index (χ3v) is 3.41. The number of rotatable bonds is 6. The maximum Gasteiger partial charge on any atom is 0.231 e. The molecule has 0 aromatic carbocycles. The predicted molar refractivity (Wildman–Crippen MR) is 84.0 cm³/mol. The number of morpholine rings is 1. The van der Waals surface area contributed by atoms with Crippen molar-refractivity contribution in [2.45, 2.75) is 13.0 Å². The van der Waals surface area contributed by atoms with Crippen LogP contribution in [0.5, 0.6) is 0 Å². The second kappa shape index (κ2) is 7.37. The molecule has 1 aromatic rings. The molecule has 2 rings (SSSR count). The zero-order valence-electron chi connectivity index (χ0n) is 13.3. The fourth-order valence-corrected chi connectivity index (χ4v) is 2.15. The molecule has 0 aliphatic carbocycles. The highest BCUT2D eigenvalue weighted by Crippen LogP contribution is 2.12. The number of nitrogens with zero attached hydrogens (tertiary/aromatic N) is 5. The van der Waals surface area contributed by atoms with E-state index in [-0.39, 0.29) is 6.10 Å². The lowest BCUT2D eigenvalue weighted by atomic mass is 10.2. The van der Waals surface area contributed by atoms with E-state index in [9.17, 15) is 0 Å². The fraction of sp³-hybridized carbons (Fsp3) is 0.769. The first-order chi connectivity index (χ1) is 10.1. The van der Waals surface area contributed by atoms with Gasteiger partial charge in [0.2, 0.25) is 17.8 Å². The minimum atomic E-state index is 0.163. The van der Waals surface area contributed by atoms with Crippen LogP contribution in [0, 0.1) is 0 Å². The van der Waals surface area contributed by atoms with E-state index in [1.807, 2.05) is 19.0 Å². The quantitative estimate of drug-likeness (QED) is 0.766. The molecule has 1 aliphatic heterocycles. The van der Waals surface area contributed by atoms with Crippen molar-refractivity contribution < 1.29 is 4.74 Å². The van der Waals surface area contributed by atoms with E-state index < -0.39 is 0 Å². The van der Waals surface area contributed by atoms with Gasteiger partial charge < -0.3 is 20.3 Å². The summed E-state index contributed by atoms with van der Waals surface area (Å²) in [6, 6.07) is 0. The van der Waals surface area contributed by atoms with Gasteiger partial charge in [-0.05, 0) is 6.54 Å². The number of likely N-dealkylation sites (N-methyl/N-ethyl adjacent to an activating group) is 1. The Bertz CT molecular complexity index is 454. The normalized spacial score (nSPS) is 19.3. The van der Waals surface area contributed by atoms with E-state index in [0.717, 1.165) is 26.2 Å². The van der Waals surface area contributed by atoms with Crippen molar-refractivity contribution in [1.82, 2.24) is 19.9 Å². The molecule has 1 atom stereocenters. The number of anilines is 3. The highest BCUT2D eigenvalue weighted by atomic mass is 16.5. The lowest BCUT2D eigenvalue weighted by Gasteiger charge is -2.32. The van der Waals surface area contributed by atoms with Gasteiger partial charge in [0.25, 0.3) is 0 Å². The summed E-state index contributed by atoms with van der Waals surface area (Å²) in [6.07, 6.45) is 0.163. The summed E-state index contributed by atoms with van der Waals surface area (Å²) in [5.41, 5.74) is 0. The van der Waals surface area contributed by atoms with E-state index in [1.54, 1.807) is 7.05 Å². The number of nitrogens with one attached hydrogen (secondary N) is 2. The Morgan fingerprint density at radius 1 is 1.29 bits per heavy atom. The van der Waals surface area contributed by atoms with Crippen molar-refractivity contribution in [2.75, 3.05) is 69.5 Å². The van der Waals surface area contributed by atoms with Gasteiger partial charge in [-0.3, -0.25) is 4.90 Å². The zero-order valence-corrected chi connectivity index (χ0v) is 13.3. The number of hydrogen-bond acceptors (Lipinski definition) is 8. The third kappa shape index (κ3) is 4.40. The van der Waals surface area contributed by atoms with Gasteiger partial charge in [-0.15, -0.1) is 0 Å². The first-order valence-corrected chi connectivity index (χ1v) is 7.31. The molecule has 1 aliphatic rings. The Hall–Kier alpha value is -1.67. The molecule has 1 unspecified atom stereocenters. The molecule has 1 aromatic heterocycles. The van der Waals surface area contributed by atoms with Crippen molar-refractivity contribution >= 4 is 17.8 Å². The van der Waals surface area contributed by atoms with Crippen LogP contribution in [0.15, 0.2) is 0 Å². The number of aromatic nitrogens is 3. The lowest BCUT2D eigenvalue weighted by Crippen LogP contribution is -2.45. The molecule has 21 heavy (non-hydrogen) atoms. The number of hydrogen-bond donors (Lipinski definition) is 2. The van der Waals surface area contributed by atoms with Crippen LogP contribution in [0.25, 0.3) is 0 Å². The molecular formula is C13H25N7O. The topological polar surface area (TPSA) is 78.4 Å². The monoisotopic (exact) mass is 295 g/mol. The highest BCUT2D eigenvalue weighted by molar-refractivity contribution is 5.42. The minimum absolute atomic E-state index is 0.163. The van der Waals surface area contributed by atoms with Crippen LogP contribution < -0.4 is 15.5 Å². The first-order valence-electron chi connectivity index (χ1n) is 7.31. The fourth-order valence-electron chi connectivity index (χ4n) is 2.15. The van der Waals surface area contributed by atoms with Crippen LogP contribution in [0.3, 0.4) is 0 Å². The second-order valence-electron chi connectivity index (χ2n) is 5.19. The van der Waals surface area contributed by atoms with Gasteiger partial charge in [0, 0.05) is 40.8 Å². The maximum atomic E-state index is 5.76. The van der Waals surface area contributed by atoms with Crippen LogP contribution in [-0.4, -0.2) is 79.9 Å². The summed E-state index contributed by atoms with van der Waals surface area (Å²) < 4.78 is 5.76. The summed E-state index contributed by atoms with van der Waals surface area (Å²) in [5.74, 6) is 1.74. The Labute approximate surface area is 125 Å². The van der Waals surface area contributed by atoms with Gasteiger partial charge in [0.15, 0.2) is 0 Å². The molecule has 2 heterocycles. The van der Waals surface area contributed by atoms with Gasteiger partial charge in [-0.1, -0.05) is 6.92 Å². The van der Waals surface area contributed by atoms with Crippen LogP contribution in [0.4, 0.5) is 17.8 Å². The van der Waals surface area contributed by atoms with Crippen LogP contribution in [0.2, 0.25) is 0 Å². The van der Waals surface area contributed by atoms with Crippen molar-refractivity contribution in [2.24, 2.45) is 0 Å². The summed E-state index contributed by atoms with van der Waals surface area (Å²) >= 11 is 0. The summed E-state index contributed by atoms with van der Waals surface area (Å²) in [6.45, 7) is 6.64. The minimum Gasteiger partial charge on any atom is -0.374 e. The third-order valence-electron chi connectivity index (χ3n) is 3.41. The highest BCUT2D eigenvalue weighted by Gasteiger charge is 2.19. The van der Waals surface area contributed by atoms with Crippen LogP contribution >= 0.6 is 0 Å². The molecule has 0 spiro atoms. The Balaban J connectivity index is 1.97. The van der Waals surface area contributed by atoms with Crippen molar-refractivity contribution in [3.63, 3.8) is 0 Å². The number of ether oxygens (including phenoxy) is 1. The van der Waals surface area contributed by atoms with Crippen LogP contribution in [-0.2, 0) is 4.74 Å². The molecule has 8 nitrogen and oxygen atoms in total. The Morgan fingerprint density at radius 2 is 2.05 bits per heavy atom. The van der Waals surface area contributed by atoms with Crippen molar-refractivity contribution in [1.29, 1.82) is 0 Å². The van der Waals surface area contributed by atoms with Crippen molar-refractivity contribution in [3.05, 3.63) is 0 Å². The first kappa shape index (κ1) is 15.7. The predicted octanol–water partition coefficient (Wildman–Crippen LogP) is 0.112. The van der Waals surface area contributed by atoms with E-state index in [4.69, 9.17) is 4.74 Å². The molecule has 118 valence electrons. The maximum absolute atomic E-state index is 5.76. The van der Waals surface area contributed by atoms with E-state index in [0.29, 0.717) is 24.4 Å². The average molecular weight is 295 g/mol. The van der Waals surface area contributed by atoms with E-state index in [1.165, 1.54) is 0 Å². The summed E-state index contributed by atoms with van der Waals surface area (Å²) in [4.78, 5) is 17.2. The second-order valence-corrected chi connectivity index (χ2v) is 5.19. The van der Waals surface area contributed by atoms with Crippen LogP contribution in [0.1, 0.15) is 6.92 Å². The smallest absolute Gasteiger partial charge is 0.231 e. The molecule has 2 N–H and O–H groups in total. The van der Waals surface area contributed by atoms with Gasteiger partial charge in [-0.2, -0.15) is 15.0 Å². The van der Waals surface area contributed by atoms with Gasteiger partial charge in [0.1, 0.15) is 0 Å². The van der Waals surface area contributed by atoms with Gasteiger partial charge in [-0.25, -0.2) is 0 Å². The molecule has 0 radical (unpaired) electrons. The zero-order chi connectivity index (χ0) is 15.2. The Morgan fingerprint density at radius 3 is 2.71 bits per heavy atom. The lowest BCUT2D eigenvalue weighted by molar-refractivity contribution is -0.0192. The molecule has 0 saturated carbocycles. The largest absolute Gasteiger partial charge is 0.374 e. The molecule has 0 amide bonds. The average Bonchev–Trinajstić information content (AvgIpc) is 2.52.